The van der Waals surface area contributed by atoms with E-state index in [9.17, 15) is 14.7 Å². The van der Waals surface area contributed by atoms with E-state index in [1.54, 1.807) is 11.1 Å². The Labute approximate surface area is 212 Å². The largest absolute Gasteiger partial charge is 0.507 e. The topological polar surface area (TPSA) is 89.0 Å². The van der Waals surface area contributed by atoms with Crippen LogP contribution in [-0.4, -0.2) is 46.0 Å². The molecule has 3 rings (SSSR count). The van der Waals surface area contributed by atoms with Crippen LogP contribution in [0.4, 0.5) is 4.79 Å². The molecule has 192 valence electrons. The fourth-order valence-corrected chi connectivity index (χ4v) is 6.22. The molecule has 7 nitrogen and oxygen atoms in total. The first-order chi connectivity index (χ1) is 16.4. The standard InChI is InChI=1S/C27H38N2O5S/c1-8-33-16-20-15-27(14-17(2)3,34-25(31)32)29(22(20)23-28-11-12-35-23)24(30)19-9-10-21(18(4)13-19)26(5,6)7/h9-13,17,20,22H,8,14-16H2,1-7H3,(H,31,32)/t20-,22-,27+/m1/s1. The van der Waals surface area contributed by atoms with E-state index < -0.39 is 17.9 Å². The maximum absolute atomic E-state index is 14.3. The molecule has 1 aliphatic heterocycles. The molecule has 1 aromatic heterocycles. The summed E-state index contributed by atoms with van der Waals surface area (Å²) in [6.45, 7) is 15.3. The number of hydrogen-bond acceptors (Lipinski definition) is 6. The van der Waals surface area contributed by atoms with Crippen molar-refractivity contribution in [2.45, 2.75) is 78.5 Å². The van der Waals surface area contributed by atoms with Crippen LogP contribution in [0.3, 0.4) is 0 Å². The number of aromatic nitrogens is 1. The number of aryl methyl sites for hydroxylation is 1. The molecule has 0 aliphatic carbocycles. The number of thiazole rings is 1. The molecule has 0 radical (unpaired) electrons. The zero-order chi connectivity index (χ0) is 26.0. The number of carboxylic acid groups (broad SMARTS) is 1. The molecule has 1 saturated heterocycles. The van der Waals surface area contributed by atoms with Crippen molar-refractivity contribution >= 4 is 23.4 Å². The zero-order valence-electron chi connectivity index (χ0n) is 21.8. The van der Waals surface area contributed by atoms with Gasteiger partial charge < -0.3 is 14.6 Å². The van der Waals surface area contributed by atoms with Crippen molar-refractivity contribution in [3.63, 3.8) is 0 Å². The van der Waals surface area contributed by atoms with E-state index >= 15 is 0 Å². The third kappa shape index (κ3) is 5.86. The smallest absolute Gasteiger partial charge is 0.450 e. The van der Waals surface area contributed by atoms with Crippen molar-refractivity contribution in [1.82, 2.24) is 9.88 Å². The first-order valence-corrected chi connectivity index (χ1v) is 13.1. The normalized spacial score (nSPS) is 22.6. The third-order valence-corrected chi connectivity index (χ3v) is 7.34. The predicted octanol–water partition coefficient (Wildman–Crippen LogP) is 6.43. The van der Waals surface area contributed by atoms with E-state index in [1.165, 1.54) is 11.3 Å². The maximum atomic E-state index is 14.3. The van der Waals surface area contributed by atoms with Gasteiger partial charge in [-0.2, -0.15) is 0 Å². The van der Waals surface area contributed by atoms with E-state index in [0.29, 0.717) is 31.6 Å². The lowest BCUT2D eigenvalue weighted by Crippen LogP contribution is -2.52. The van der Waals surface area contributed by atoms with Gasteiger partial charge in [0.1, 0.15) is 5.01 Å². The number of amides is 1. The van der Waals surface area contributed by atoms with Crippen molar-refractivity contribution in [3.05, 3.63) is 51.5 Å². The highest BCUT2D eigenvalue weighted by Gasteiger charge is 2.58. The average molecular weight is 503 g/mol. The molecule has 3 atom stereocenters. The second kappa shape index (κ2) is 10.7. The van der Waals surface area contributed by atoms with E-state index in [1.807, 2.05) is 51.3 Å². The van der Waals surface area contributed by atoms with E-state index in [4.69, 9.17) is 9.47 Å². The maximum Gasteiger partial charge on any atom is 0.507 e. The quantitative estimate of drug-likeness (QED) is 0.419. The summed E-state index contributed by atoms with van der Waals surface area (Å²) in [5, 5.41) is 12.4. The van der Waals surface area contributed by atoms with Crippen LogP contribution in [0.1, 0.15) is 86.9 Å². The second-order valence-corrected chi connectivity index (χ2v) is 11.7. The summed E-state index contributed by atoms with van der Waals surface area (Å²) in [5.74, 6) is -0.315. The van der Waals surface area contributed by atoms with Gasteiger partial charge in [0.15, 0.2) is 5.72 Å². The summed E-state index contributed by atoms with van der Waals surface area (Å²) >= 11 is 1.46. The Bertz CT molecular complexity index is 1030. The molecule has 1 N–H and O–H groups in total. The Morgan fingerprint density at radius 3 is 2.54 bits per heavy atom. The highest BCUT2D eigenvalue weighted by atomic mass is 32.1. The minimum atomic E-state index is -1.39. The van der Waals surface area contributed by atoms with Gasteiger partial charge in [0.05, 0.1) is 12.6 Å². The van der Waals surface area contributed by atoms with E-state index in [2.05, 4.69) is 25.8 Å². The van der Waals surface area contributed by atoms with Crippen molar-refractivity contribution in [1.29, 1.82) is 0 Å². The molecular formula is C27H38N2O5S. The Morgan fingerprint density at radius 2 is 2.03 bits per heavy atom. The van der Waals surface area contributed by atoms with Crippen LogP contribution in [0, 0.1) is 18.8 Å². The van der Waals surface area contributed by atoms with Crippen LogP contribution >= 0.6 is 11.3 Å². The highest BCUT2D eigenvalue weighted by molar-refractivity contribution is 7.09. The summed E-state index contributed by atoms with van der Waals surface area (Å²) in [5.41, 5.74) is 1.32. The van der Waals surface area contributed by atoms with Gasteiger partial charge in [0.2, 0.25) is 0 Å². The highest BCUT2D eigenvalue weighted by Crippen LogP contribution is 2.51. The number of ether oxygens (including phenoxy) is 2. The number of nitrogens with zero attached hydrogens (tertiary/aromatic N) is 2. The fraction of sp³-hybridized carbons (Fsp3) is 0.593. The monoisotopic (exact) mass is 502 g/mol. The molecule has 2 aromatic rings. The Morgan fingerprint density at radius 1 is 1.31 bits per heavy atom. The summed E-state index contributed by atoms with van der Waals surface area (Å²) in [7, 11) is 0. The third-order valence-electron chi connectivity index (χ3n) is 6.49. The van der Waals surface area contributed by atoms with Gasteiger partial charge in [0, 0.05) is 42.5 Å². The SMILES string of the molecule is CCOC[C@H]1C[C@](CC(C)C)(OC(=O)O)N(C(=O)c2ccc(C(C)(C)C)c(C)c2)[C@H]1c1nccs1. The van der Waals surface area contributed by atoms with Gasteiger partial charge in [-0.05, 0) is 48.4 Å². The molecule has 0 spiro atoms. The van der Waals surface area contributed by atoms with Crippen molar-refractivity contribution in [2.75, 3.05) is 13.2 Å². The fourth-order valence-electron chi connectivity index (χ4n) is 5.40. The van der Waals surface area contributed by atoms with Crippen LogP contribution in [0.15, 0.2) is 29.8 Å². The van der Waals surface area contributed by atoms with Gasteiger partial charge in [-0.3, -0.25) is 9.69 Å². The number of rotatable bonds is 8. The van der Waals surface area contributed by atoms with Gasteiger partial charge >= 0.3 is 6.16 Å². The zero-order valence-corrected chi connectivity index (χ0v) is 22.6. The molecule has 1 fully saturated rings. The number of benzene rings is 1. The van der Waals surface area contributed by atoms with Gasteiger partial charge in [-0.15, -0.1) is 11.3 Å². The Kier molecular flexibility index (Phi) is 8.27. The molecule has 0 saturated carbocycles. The van der Waals surface area contributed by atoms with Crippen LogP contribution in [0.5, 0.6) is 0 Å². The number of hydrogen-bond donors (Lipinski definition) is 1. The van der Waals surface area contributed by atoms with E-state index in [0.717, 1.165) is 16.1 Å². The minimum Gasteiger partial charge on any atom is -0.450 e. The van der Waals surface area contributed by atoms with Crippen LogP contribution in [-0.2, 0) is 14.9 Å². The molecular weight excluding hydrogens is 464 g/mol. The molecule has 2 heterocycles. The lowest BCUT2D eigenvalue weighted by Gasteiger charge is -2.40. The van der Waals surface area contributed by atoms with Crippen LogP contribution < -0.4 is 0 Å². The van der Waals surface area contributed by atoms with Gasteiger partial charge in [0.25, 0.3) is 5.91 Å². The first kappa shape index (κ1) is 27.1. The lowest BCUT2D eigenvalue weighted by molar-refractivity contribution is -0.108. The Hall–Kier alpha value is -2.45. The predicted molar refractivity (Wildman–Crippen MR) is 137 cm³/mol. The van der Waals surface area contributed by atoms with Gasteiger partial charge in [-0.25, -0.2) is 9.78 Å². The molecule has 1 aromatic carbocycles. The molecule has 1 aliphatic rings. The molecule has 8 heteroatoms. The van der Waals surface area contributed by atoms with Crippen molar-refractivity contribution < 1.29 is 24.2 Å². The molecule has 35 heavy (non-hydrogen) atoms. The summed E-state index contributed by atoms with van der Waals surface area (Å²) in [6.07, 6.45) is 1.06. The van der Waals surface area contributed by atoms with Crippen molar-refractivity contribution in [2.24, 2.45) is 11.8 Å². The average Bonchev–Trinajstić information content (AvgIpc) is 3.36. The van der Waals surface area contributed by atoms with Crippen LogP contribution in [0.25, 0.3) is 0 Å². The summed E-state index contributed by atoms with van der Waals surface area (Å²) < 4.78 is 11.4. The summed E-state index contributed by atoms with van der Waals surface area (Å²) in [6, 6.07) is 5.29. The number of carbonyl (C=O) groups excluding carboxylic acids is 1. The van der Waals surface area contributed by atoms with Crippen molar-refractivity contribution in [3.8, 4) is 0 Å². The first-order valence-electron chi connectivity index (χ1n) is 12.2. The Balaban J connectivity index is 2.17. The lowest BCUT2D eigenvalue weighted by atomic mass is 9.83. The molecule has 0 bridgehead atoms. The summed E-state index contributed by atoms with van der Waals surface area (Å²) in [4.78, 5) is 32.4. The second-order valence-electron chi connectivity index (χ2n) is 10.8. The number of likely N-dealkylation sites (tertiary alicyclic amines) is 1. The van der Waals surface area contributed by atoms with E-state index in [-0.39, 0.29) is 23.2 Å². The molecule has 0 unspecified atom stereocenters. The van der Waals surface area contributed by atoms with Crippen LogP contribution in [0.2, 0.25) is 0 Å². The molecule has 1 amide bonds. The van der Waals surface area contributed by atoms with Gasteiger partial charge in [-0.1, -0.05) is 40.7 Å². The minimum absolute atomic E-state index is 0.0564. The number of carbonyl (C=O) groups is 2.